The van der Waals surface area contributed by atoms with Gasteiger partial charge in [-0.25, -0.2) is 4.39 Å². The molecule has 0 atom stereocenters. The van der Waals surface area contributed by atoms with Gasteiger partial charge in [0.05, 0.1) is 9.95 Å². The van der Waals surface area contributed by atoms with Crippen molar-refractivity contribution in [2.75, 3.05) is 0 Å². The fraction of sp³-hybridized carbons (Fsp3) is 0.0714. The summed E-state index contributed by atoms with van der Waals surface area (Å²) in [5.74, 6) is -1.31. The van der Waals surface area contributed by atoms with Gasteiger partial charge in [-0.15, -0.1) is 0 Å². The number of nitro benzene ring substituents is 1. The van der Waals surface area contributed by atoms with Crippen LogP contribution in [0.1, 0.15) is 15.9 Å². The van der Waals surface area contributed by atoms with Crippen molar-refractivity contribution in [2.45, 2.75) is 6.42 Å². The van der Waals surface area contributed by atoms with E-state index in [0.29, 0.717) is 0 Å². The highest BCUT2D eigenvalue weighted by molar-refractivity contribution is 6.35. The Hall–Kier alpha value is -1.98. The molecule has 108 valence electrons. The highest BCUT2D eigenvalue weighted by atomic mass is 35.5. The number of halogens is 3. The van der Waals surface area contributed by atoms with Crippen molar-refractivity contribution in [3.05, 3.63) is 73.5 Å². The van der Waals surface area contributed by atoms with E-state index in [0.717, 1.165) is 6.07 Å². The summed E-state index contributed by atoms with van der Waals surface area (Å²) in [6, 6.07) is 7.91. The van der Waals surface area contributed by atoms with Gasteiger partial charge in [-0.2, -0.15) is 0 Å². The van der Waals surface area contributed by atoms with Crippen molar-refractivity contribution < 1.29 is 14.1 Å². The first kappa shape index (κ1) is 15.4. The first-order valence-corrected chi connectivity index (χ1v) is 6.56. The van der Waals surface area contributed by atoms with E-state index in [-0.39, 0.29) is 21.2 Å². The fourth-order valence-corrected chi connectivity index (χ4v) is 2.40. The second-order valence-corrected chi connectivity index (χ2v) is 5.01. The number of nitro groups is 1. The van der Waals surface area contributed by atoms with Crippen LogP contribution < -0.4 is 0 Å². The summed E-state index contributed by atoms with van der Waals surface area (Å²) < 4.78 is 13.7. The molecule has 0 aromatic heterocycles. The van der Waals surface area contributed by atoms with Crippen LogP contribution in [0.25, 0.3) is 0 Å². The average molecular weight is 328 g/mol. The van der Waals surface area contributed by atoms with Crippen molar-refractivity contribution in [2.24, 2.45) is 0 Å². The molecule has 0 saturated heterocycles. The topological polar surface area (TPSA) is 60.2 Å². The molecular weight excluding hydrogens is 320 g/mol. The number of Topliss-reactive ketones (excluding diaryl/α,β-unsaturated/α-hetero) is 1. The van der Waals surface area contributed by atoms with Crippen LogP contribution in [0, 0.1) is 15.9 Å². The minimum absolute atomic E-state index is 0.0154. The summed E-state index contributed by atoms with van der Waals surface area (Å²) in [6.45, 7) is 0. The van der Waals surface area contributed by atoms with Crippen LogP contribution in [0.2, 0.25) is 10.0 Å². The van der Waals surface area contributed by atoms with Gasteiger partial charge in [0.15, 0.2) is 5.78 Å². The molecule has 0 fully saturated rings. The van der Waals surface area contributed by atoms with Crippen LogP contribution in [-0.4, -0.2) is 10.7 Å². The van der Waals surface area contributed by atoms with E-state index in [1.807, 2.05) is 0 Å². The maximum Gasteiger partial charge on any atom is 0.281 e. The van der Waals surface area contributed by atoms with Gasteiger partial charge in [-0.05, 0) is 18.2 Å². The number of rotatable bonds is 4. The number of carbonyl (C=O) groups is 1. The highest BCUT2D eigenvalue weighted by Gasteiger charge is 2.24. The Bertz CT molecular complexity index is 714. The molecule has 0 N–H and O–H groups in total. The van der Waals surface area contributed by atoms with E-state index in [2.05, 4.69) is 0 Å². The van der Waals surface area contributed by atoms with Crippen LogP contribution in [0.15, 0.2) is 36.4 Å². The van der Waals surface area contributed by atoms with E-state index in [4.69, 9.17) is 23.2 Å². The molecule has 0 heterocycles. The van der Waals surface area contributed by atoms with Crippen LogP contribution in [0.5, 0.6) is 0 Å². The predicted octanol–water partition coefficient (Wildman–Crippen LogP) is 4.47. The normalized spacial score (nSPS) is 10.4. The minimum atomic E-state index is -0.706. The summed E-state index contributed by atoms with van der Waals surface area (Å²) in [6.07, 6.45) is -0.407. The van der Waals surface area contributed by atoms with Gasteiger partial charge in [-0.1, -0.05) is 35.3 Å². The molecular formula is C14H8Cl2FNO3. The van der Waals surface area contributed by atoms with Gasteiger partial charge in [0.2, 0.25) is 0 Å². The zero-order valence-electron chi connectivity index (χ0n) is 10.5. The first-order valence-electron chi connectivity index (χ1n) is 5.80. The second kappa shape index (κ2) is 6.20. The Morgan fingerprint density at radius 2 is 1.76 bits per heavy atom. The number of nitrogens with zero attached hydrogens (tertiary/aromatic N) is 1. The summed E-state index contributed by atoms with van der Waals surface area (Å²) in [5, 5.41) is 11.0. The first-order chi connectivity index (χ1) is 9.91. The van der Waals surface area contributed by atoms with Crippen molar-refractivity contribution in [3.8, 4) is 0 Å². The van der Waals surface area contributed by atoms with E-state index < -0.39 is 28.6 Å². The molecule has 0 bridgehead atoms. The molecule has 0 unspecified atom stereocenters. The summed E-state index contributed by atoms with van der Waals surface area (Å²) >= 11 is 11.7. The van der Waals surface area contributed by atoms with E-state index in [9.17, 15) is 19.3 Å². The van der Waals surface area contributed by atoms with Crippen molar-refractivity contribution in [1.29, 1.82) is 0 Å². The lowest BCUT2D eigenvalue weighted by atomic mass is 10.0. The lowest BCUT2D eigenvalue weighted by molar-refractivity contribution is -0.385. The maximum atomic E-state index is 13.7. The number of hydrogen-bond donors (Lipinski definition) is 0. The number of benzene rings is 2. The molecule has 0 aliphatic carbocycles. The van der Waals surface area contributed by atoms with Crippen LogP contribution >= 0.6 is 23.2 Å². The molecule has 0 amide bonds. The quantitative estimate of drug-likeness (QED) is 0.473. The van der Waals surface area contributed by atoms with Gasteiger partial charge < -0.3 is 0 Å². The van der Waals surface area contributed by atoms with Crippen LogP contribution in [0.3, 0.4) is 0 Å². The van der Waals surface area contributed by atoms with Gasteiger partial charge in [0.25, 0.3) is 5.69 Å². The van der Waals surface area contributed by atoms with Crippen molar-refractivity contribution >= 4 is 34.7 Å². The Labute approximate surface area is 129 Å². The van der Waals surface area contributed by atoms with E-state index in [1.165, 1.54) is 30.3 Å². The monoisotopic (exact) mass is 327 g/mol. The fourth-order valence-electron chi connectivity index (χ4n) is 1.89. The molecule has 0 spiro atoms. The molecule has 21 heavy (non-hydrogen) atoms. The van der Waals surface area contributed by atoms with Gasteiger partial charge in [-0.3, -0.25) is 14.9 Å². The van der Waals surface area contributed by atoms with Crippen LogP contribution in [-0.2, 0) is 6.42 Å². The third-order valence-corrected chi connectivity index (χ3v) is 3.54. The Kier molecular flexibility index (Phi) is 4.55. The maximum absolute atomic E-state index is 13.7. The lowest BCUT2D eigenvalue weighted by Crippen LogP contribution is -2.09. The van der Waals surface area contributed by atoms with Gasteiger partial charge in [0.1, 0.15) is 11.4 Å². The molecule has 2 aromatic carbocycles. The zero-order chi connectivity index (χ0) is 15.6. The summed E-state index contributed by atoms with van der Waals surface area (Å²) in [4.78, 5) is 22.5. The number of hydrogen-bond acceptors (Lipinski definition) is 3. The van der Waals surface area contributed by atoms with E-state index in [1.54, 1.807) is 0 Å². The molecule has 0 aliphatic rings. The standard InChI is InChI=1S/C14H8Cl2FNO3/c15-9-3-1-5-11(17)8(9)7-13(19)14-10(16)4-2-6-12(14)18(20)21/h1-6H,7H2. The lowest BCUT2D eigenvalue weighted by Gasteiger charge is -2.07. The third-order valence-electron chi connectivity index (χ3n) is 2.87. The molecule has 4 nitrogen and oxygen atoms in total. The average Bonchev–Trinajstić information content (AvgIpc) is 2.42. The van der Waals surface area contributed by atoms with Gasteiger partial charge in [0, 0.05) is 23.1 Å². The summed E-state index contributed by atoms with van der Waals surface area (Å²) in [5.41, 5.74) is -0.679. The summed E-state index contributed by atoms with van der Waals surface area (Å²) in [7, 11) is 0. The largest absolute Gasteiger partial charge is 0.293 e. The third kappa shape index (κ3) is 3.20. The molecule has 2 aromatic rings. The Morgan fingerprint density at radius 3 is 2.38 bits per heavy atom. The SMILES string of the molecule is O=C(Cc1c(F)cccc1Cl)c1c(Cl)cccc1[N+](=O)[O-]. The second-order valence-electron chi connectivity index (χ2n) is 4.19. The number of ketones is 1. The number of carbonyl (C=O) groups excluding carboxylic acids is 1. The highest BCUT2D eigenvalue weighted by Crippen LogP contribution is 2.29. The van der Waals surface area contributed by atoms with Crippen molar-refractivity contribution in [3.63, 3.8) is 0 Å². The molecule has 2 rings (SSSR count). The smallest absolute Gasteiger partial charge is 0.281 e. The van der Waals surface area contributed by atoms with Crippen molar-refractivity contribution in [1.82, 2.24) is 0 Å². The van der Waals surface area contributed by atoms with E-state index >= 15 is 0 Å². The van der Waals surface area contributed by atoms with Crippen LogP contribution in [0.4, 0.5) is 10.1 Å². The van der Waals surface area contributed by atoms with Gasteiger partial charge >= 0.3 is 0 Å². The zero-order valence-corrected chi connectivity index (χ0v) is 12.0. The Morgan fingerprint density at radius 1 is 1.14 bits per heavy atom. The molecule has 7 heteroatoms. The molecule has 0 radical (unpaired) electrons. The Balaban J connectivity index is 2.45. The minimum Gasteiger partial charge on any atom is -0.293 e. The molecule has 0 aliphatic heterocycles. The molecule has 0 saturated carbocycles. The predicted molar refractivity (Wildman–Crippen MR) is 77.6 cm³/mol.